The largest absolute Gasteiger partial charge is 0.480 e. The zero-order chi connectivity index (χ0) is 17.7. The third kappa shape index (κ3) is 6.09. The fourth-order valence-electron chi connectivity index (χ4n) is 3.45. The molecule has 0 bridgehead atoms. The first-order valence-corrected chi connectivity index (χ1v) is 10.1. The van der Waals surface area contributed by atoms with E-state index in [1.54, 1.807) is 9.80 Å². The van der Waals surface area contributed by atoms with Crippen molar-refractivity contribution in [3.05, 3.63) is 0 Å². The number of hydrogen-bond acceptors (Lipinski definition) is 6. The number of aliphatic carboxylic acids is 1. The molecule has 10 heteroatoms. The van der Waals surface area contributed by atoms with Crippen LogP contribution in [0.2, 0.25) is 0 Å². The molecule has 0 radical (unpaired) electrons. The quantitative estimate of drug-likeness (QED) is 0.644. The van der Waals surface area contributed by atoms with Gasteiger partial charge in [0, 0.05) is 19.7 Å². The lowest BCUT2D eigenvalue weighted by atomic mass is 10.0. The minimum absolute atomic E-state index is 0. The Morgan fingerprint density at radius 1 is 1.28 bits per heavy atom. The fourth-order valence-corrected chi connectivity index (χ4v) is 5.18. The smallest absolute Gasteiger partial charge is 0.320 e. The van der Waals surface area contributed by atoms with Crippen molar-refractivity contribution in [2.75, 3.05) is 44.9 Å². The number of methoxy groups -OCH3 is 1. The molecule has 0 aromatic carbocycles. The monoisotopic (exact) mass is 398 g/mol. The standard InChI is InChI=1S/C15H26N2O6S.ClH/c1-23-8-7-17(12-5-9-24(21,22)11-12)14(18)10-16-6-3-2-4-13(16)15(19)20;/h12-13H,2-11H2,1H3,(H,19,20);1H. The van der Waals surface area contributed by atoms with Gasteiger partial charge in [-0.25, -0.2) is 8.42 Å². The number of hydrogen-bond donors (Lipinski definition) is 1. The Bertz CT molecular complexity index is 570. The van der Waals surface area contributed by atoms with Gasteiger partial charge in [-0.15, -0.1) is 12.4 Å². The van der Waals surface area contributed by atoms with Gasteiger partial charge in [-0.05, 0) is 25.8 Å². The number of halogens is 1. The van der Waals surface area contributed by atoms with E-state index in [2.05, 4.69) is 0 Å². The molecule has 2 aliphatic rings. The number of carboxylic acids is 1. The molecule has 2 aliphatic heterocycles. The van der Waals surface area contributed by atoms with E-state index in [0.717, 1.165) is 12.8 Å². The number of carbonyl (C=O) groups excluding carboxylic acids is 1. The lowest BCUT2D eigenvalue weighted by Crippen LogP contribution is -2.52. The first kappa shape index (κ1) is 22.1. The Kier molecular flexibility index (Phi) is 8.59. The fraction of sp³-hybridized carbons (Fsp3) is 0.867. The number of piperidine rings is 1. The van der Waals surface area contributed by atoms with Crippen LogP contribution in [0.4, 0.5) is 0 Å². The van der Waals surface area contributed by atoms with E-state index in [-0.39, 0.29) is 42.4 Å². The Morgan fingerprint density at radius 3 is 2.56 bits per heavy atom. The Hall–Kier alpha value is -0.900. The maximum atomic E-state index is 12.7. The van der Waals surface area contributed by atoms with Crippen molar-refractivity contribution < 1.29 is 27.9 Å². The van der Waals surface area contributed by atoms with Crippen molar-refractivity contribution in [1.29, 1.82) is 0 Å². The molecule has 2 atom stereocenters. The Labute approximate surface area is 154 Å². The van der Waals surface area contributed by atoms with Crippen LogP contribution in [0.15, 0.2) is 0 Å². The summed E-state index contributed by atoms with van der Waals surface area (Å²) in [7, 11) is -1.57. The van der Waals surface area contributed by atoms with Gasteiger partial charge in [-0.1, -0.05) is 6.42 Å². The molecular formula is C15H27ClN2O6S. The molecule has 2 rings (SSSR count). The third-order valence-electron chi connectivity index (χ3n) is 4.74. The molecule has 0 aromatic rings. The second-order valence-electron chi connectivity index (χ2n) is 6.46. The van der Waals surface area contributed by atoms with Crippen LogP contribution in [0.5, 0.6) is 0 Å². The van der Waals surface area contributed by atoms with E-state index in [1.807, 2.05) is 0 Å². The molecular weight excluding hydrogens is 372 g/mol. The van der Waals surface area contributed by atoms with Gasteiger partial charge in [0.05, 0.1) is 24.7 Å². The van der Waals surface area contributed by atoms with E-state index in [0.29, 0.717) is 32.5 Å². The molecule has 2 unspecified atom stereocenters. The topological polar surface area (TPSA) is 104 Å². The van der Waals surface area contributed by atoms with E-state index in [1.165, 1.54) is 7.11 Å². The van der Waals surface area contributed by atoms with Crippen LogP contribution < -0.4 is 0 Å². The summed E-state index contributed by atoms with van der Waals surface area (Å²) >= 11 is 0. The minimum atomic E-state index is -3.10. The Balaban J connectivity index is 0.00000312. The number of likely N-dealkylation sites (tertiary alicyclic amines) is 1. The molecule has 1 amide bonds. The summed E-state index contributed by atoms with van der Waals surface area (Å²) in [6.07, 6.45) is 2.68. The number of ether oxygens (including phenoxy) is 1. The van der Waals surface area contributed by atoms with Gasteiger partial charge < -0.3 is 14.7 Å². The molecule has 1 N–H and O–H groups in total. The highest BCUT2D eigenvalue weighted by Gasteiger charge is 2.36. The number of amides is 1. The van der Waals surface area contributed by atoms with Crippen molar-refractivity contribution in [2.24, 2.45) is 0 Å². The summed E-state index contributed by atoms with van der Waals surface area (Å²) in [6.45, 7) is 1.23. The van der Waals surface area contributed by atoms with Crippen LogP contribution in [0.25, 0.3) is 0 Å². The Morgan fingerprint density at radius 2 is 2.00 bits per heavy atom. The van der Waals surface area contributed by atoms with Crippen LogP contribution in [-0.4, -0.2) is 92.1 Å². The molecule has 0 aromatic heterocycles. The van der Waals surface area contributed by atoms with Gasteiger partial charge in [-0.3, -0.25) is 14.5 Å². The highest BCUT2D eigenvalue weighted by molar-refractivity contribution is 7.91. The maximum absolute atomic E-state index is 12.7. The number of sulfone groups is 1. The zero-order valence-electron chi connectivity index (χ0n) is 14.4. The van der Waals surface area contributed by atoms with Crippen molar-refractivity contribution in [3.8, 4) is 0 Å². The zero-order valence-corrected chi connectivity index (χ0v) is 16.1. The third-order valence-corrected chi connectivity index (χ3v) is 6.49. The van der Waals surface area contributed by atoms with Crippen LogP contribution in [0, 0.1) is 0 Å². The first-order valence-electron chi connectivity index (χ1n) is 8.30. The van der Waals surface area contributed by atoms with Crippen molar-refractivity contribution in [1.82, 2.24) is 9.80 Å². The summed E-state index contributed by atoms with van der Waals surface area (Å²) in [4.78, 5) is 27.3. The predicted molar refractivity (Wildman–Crippen MR) is 94.7 cm³/mol. The van der Waals surface area contributed by atoms with Crippen LogP contribution >= 0.6 is 12.4 Å². The summed E-state index contributed by atoms with van der Waals surface area (Å²) in [5.41, 5.74) is 0. The highest BCUT2D eigenvalue weighted by Crippen LogP contribution is 2.20. The highest BCUT2D eigenvalue weighted by atomic mass is 35.5. The van der Waals surface area contributed by atoms with E-state index < -0.39 is 21.8 Å². The molecule has 25 heavy (non-hydrogen) atoms. The molecule has 2 saturated heterocycles. The molecule has 2 heterocycles. The molecule has 0 spiro atoms. The lowest BCUT2D eigenvalue weighted by Gasteiger charge is -2.35. The van der Waals surface area contributed by atoms with Gasteiger partial charge in [-0.2, -0.15) is 0 Å². The van der Waals surface area contributed by atoms with Crippen molar-refractivity contribution >= 4 is 34.1 Å². The average Bonchev–Trinajstić information content (AvgIpc) is 2.88. The van der Waals surface area contributed by atoms with E-state index >= 15 is 0 Å². The normalized spacial score (nSPS) is 26.0. The van der Waals surface area contributed by atoms with Gasteiger partial charge in [0.2, 0.25) is 5.91 Å². The lowest BCUT2D eigenvalue weighted by molar-refractivity contribution is -0.146. The SMILES string of the molecule is COCCN(C(=O)CN1CCCCC1C(=O)O)C1CCS(=O)(=O)C1.Cl. The molecule has 8 nitrogen and oxygen atoms in total. The molecule has 2 fully saturated rings. The average molecular weight is 399 g/mol. The minimum Gasteiger partial charge on any atom is -0.480 e. The van der Waals surface area contributed by atoms with Gasteiger partial charge in [0.1, 0.15) is 6.04 Å². The number of carboxylic acid groups (broad SMARTS) is 1. The molecule has 0 saturated carbocycles. The van der Waals surface area contributed by atoms with E-state index in [4.69, 9.17) is 4.74 Å². The van der Waals surface area contributed by atoms with Gasteiger partial charge in [0.15, 0.2) is 9.84 Å². The summed E-state index contributed by atoms with van der Waals surface area (Å²) in [5.74, 6) is -1.06. The molecule has 146 valence electrons. The van der Waals surface area contributed by atoms with Crippen LogP contribution in [0.3, 0.4) is 0 Å². The van der Waals surface area contributed by atoms with Crippen molar-refractivity contribution in [3.63, 3.8) is 0 Å². The van der Waals surface area contributed by atoms with Gasteiger partial charge >= 0.3 is 5.97 Å². The second-order valence-corrected chi connectivity index (χ2v) is 8.69. The summed E-state index contributed by atoms with van der Waals surface area (Å²) in [6, 6.07) is -0.981. The van der Waals surface area contributed by atoms with Crippen molar-refractivity contribution in [2.45, 2.75) is 37.8 Å². The molecule has 0 aliphatic carbocycles. The number of rotatable bonds is 7. The maximum Gasteiger partial charge on any atom is 0.320 e. The van der Waals surface area contributed by atoms with Crippen LogP contribution in [-0.2, 0) is 24.2 Å². The summed E-state index contributed by atoms with van der Waals surface area (Å²) < 4.78 is 28.5. The number of carbonyl (C=O) groups is 2. The second kappa shape index (κ2) is 9.70. The number of nitrogens with zero attached hydrogens (tertiary/aromatic N) is 2. The predicted octanol–water partition coefficient (Wildman–Crippen LogP) is 0.00940. The van der Waals surface area contributed by atoms with Gasteiger partial charge in [0.25, 0.3) is 0 Å². The first-order chi connectivity index (χ1) is 11.3. The van der Waals surface area contributed by atoms with Crippen LogP contribution in [0.1, 0.15) is 25.7 Å². The van der Waals surface area contributed by atoms with E-state index in [9.17, 15) is 23.1 Å². The summed E-state index contributed by atoms with van der Waals surface area (Å²) in [5, 5.41) is 9.32.